The lowest BCUT2D eigenvalue weighted by Gasteiger charge is -2.09. The Bertz CT molecular complexity index is 276. The minimum atomic E-state index is -0.743. The second kappa shape index (κ2) is 5.54. The fourth-order valence-corrected chi connectivity index (χ4v) is 1.42. The van der Waals surface area contributed by atoms with Crippen molar-refractivity contribution in [1.82, 2.24) is 9.36 Å². The molecule has 0 aliphatic rings. The SMILES string of the molecule is CC(CCC(=O)O)CNc1ncns1. The molecule has 0 saturated heterocycles. The van der Waals surface area contributed by atoms with Gasteiger partial charge in [0.05, 0.1) is 0 Å². The molecule has 6 heteroatoms. The third kappa shape index (κ3) is 4.18. The van der Waals surface area contributed by atoms with E-state index < -0.39 is 5.97 Å². The first-order valence-corrected chi connectivity index (χ1v) is 5.18. The second-order valence-corrected chi connectivity index (χ2v) is 3.94. The molecule has 1 heterocycles. The molecule has 2 N–H and O–H groups in total. The molecule has 5 nitrogen and oxygen atoms in total. The molecule has 1 rings (SSSR count). The summed E-state index contributed by atoms with van der Waals surface area (Å²) in [6.45, 7) is 2.75. The highest BCUT2D eigenvalue weighted by atomic mass is 32.1. The van der Waals surface area contributed by atoms with E-state index >= 15 is 0 Å². The van der Waals surface area contributed by atoms with Gasteiger partial charge in [-0.25, -0.2) is 4.98 Å². The van der Waals surface area contributed by atoms with E-state index in [0.29, 0.717) is 12.3 Å². The normalized spacial score (nSPS) is 12.4. The number of aliphatic carboxylic acids is 1. The van der Waals surface area contributed by atoms with Gasteiger partial charge >= 0.3 is 5.97 Å². The average Bonchev–Trinajstić information content (AvgIpc) is 2.63. The summed E-state index contributed by atoms with van der Waals surface area (Å²) in [7, 11) is 0. The molecule has 0 aliphatic heterocycles. The number of nitrogens with zero attached hydrogens (tertiary/aromatic N) is 2. The molecule has 0 aliphatic carbocycles. The van der Waals surface area contributed by atoms with Crippen LogP contribution >= 0.6 is 11.5 Å². The zero-order valence-corrected chi connectivity index (χ0v) is 8.75. The van der Waals surface area contributed by atoms with Crippen LogP contribution in [0.2, 0.25) is 0 Å². The predicted molar refractivity (Wildman–Crippen MR) is 54.4 cm³/mol. The van der Waals surface area contributed by atoms with E-state index in [-0.39, 0.29) is 6.42 Å². The van der Waals surface area contributed by atoms with Crippen LogP contribution in [0.1, 0.15) is 19.8 Å². The Morgan fingerprint density at radius 3 is 3.14 bits per heavy atom. The maximum atomic E-state index is 10.3. The van der Waals surface area contributed by atoms with Gasteiger partial charge in [0, 0.05) is 24.5 Å². The number of hydrogen-bond acceptors (Lipinski definition) is 5. The topological polar surface area (TPSA) is 75.1 Å². The van der Waals surface area contributed by atoms with Crippen LogP contribution in [0, 0.1) is 5.92 Å². The molecular weight excluding hydrogens is 202 g/mol. The largest absolute Gasteiger partial charge is 0.481 e. The number of carboxylic acids is 1. The molecule has 0 amide bonds. The fraction of sp³-hybridized carbons (Fsp3) is 0.625. The lowest BCUT2D eigenvalue weighted by molar-refractivity contribution is -0.137. The van der Waals surface area contributed by atoms with E-state index in [2.05, 4.69) is 14.7 Å². The van der Waals surface area contributed by atoms with Gasteiger partial charge in [-0.1, -0.05) is 6.92 Å². The minimum Gasteiger partial charge on any atom is -0.481 e. The van der Waals surface area contributed by atoms with Gasteiger partial charge in [0.1, 0.15) is 6.33 Å². The molecule has 0 radical (unpaired) electrons. The molecule has 0 bridgehead atoms. The van der Waals surface area contributed by atoms with E-state index in [1.165, 1.54) is 17.9 Å². The number of nitrogens with one attached hydrogen (secondary N) is 1. The Morgan fingerprint density at radius 2 is 2.57 bits per heavy atom. The summed E-state index contributed by atoms with van der Waals surface area (Å²) in [6.07, 6.45) is 2.40. The van der Waals surface area contributed by atoms with Crippen molar-refractivity contribution >= 4 is 22.6 Å². The first-order valence-electron chi connectivity index (χ1n) is 4.41. The maximum Gasteiger partial charge on any atom is 0.303 e. The molecule has 0 fully saturated rings. The molecule has 1 aromatic heterocycles. The molecule has 0 saturated carbocycles. The van der Waals surface area contributed by atoms with Crippen molar-refractivity contribution in [3.05, 3.63) is 6.33 Å². The number of rotatable bonds is 6. The van der Waals surface area contributed by atoms with Gasteiger partial charge in [-0.05, 0) is 12.3 Å². The number of aromatic nitrogens is 2. The summed E-state index contributed by atoms with van der Waals surface area (Å²) >= 11 is 1.30. The number of anilines is 1. The Balaban J connectivity index is 2.15. The quantitative estimate of drug-likeness (QED) is 0.751. The standard InChI is InChI=1S/C8H13N3O2S/c1-6(2-3-7(12)13)4-9-8-10-5-11-14-8/h5-6H,2-4H2,1H3,(H,12,13)(H,9,10,11). The average molecular weight is 215 g/mol. The summed E-state index contributed by atoms with van der Waals surface area (Å²) < 4.78 is 3.85. The van der Waals surface area contributed by atoms with Crippen LogP contribution in [0.5, 0.6) is 0 Å². The first-order chi connectivity index (χ1) is 6.68. The summed E-state index contributed by atoms with van der Waals surface area (Å²) in [4.78, 5) is 14.3. The van der Waals surface area contributed by atoms with Crippen molar-refractivity contribution in [1.29, 1.82) is 0 Å². The molecule has 78 valence electrons. The smallest absolute Gasteiger partial charge is 0.303 e. The van der Waals surface area contributed by atoms with Gasteiger partial charge < -0.3 is 10.4 Å². The number of carbonyl (C=O) groups is 1. The van der Waals surface area contributed by atoms with Gasteiger partial charge in [-0.2, -0.15) is 4.37 Å². The van der Waals surface area contributed by atoms with Crippen LogP contribution in [0.4, 0.5) is 5.13 Å². The lowest BCUT2D eigenvalue weighted by atomic mass is 10.1. The van der Waals surface area contributed by atoms with E-state index in [1.807, 2.05) is 6.92 Å². The molecular formula is C8H13N3O2S. The Hall–Kier alpha value is -1.17. The van der Waals surface area contributed by atoms with Crippen LogP contribution in [0.25, 0.3) is 0 Å². The summed E-state index contributed by atoms with van der Waals surface area (Å²) in [6, 6.07) is 0. The highest BCUT2D eigenvalue weighted by molar-refractivity contribution is 7.09. The van der Waals surface area contributed by atoms with Gasteiger partial charge in [-0.15, -0.1) is 0 Å². The van der Waals surface area contributed by atoms with E-state index in [4.69, 9.17) is 5.11 Å². The molecule has 0 aromatic carbocycles. The fourth-order valence-electron chi connectivity index (χ4n) is 0.984. The Labute approximate surface area is 86.3 Å². The third-order valence-electron chi connectivity index (χ3n) is 1.81. The van der Waals surface area contributed by atoms with Gasteiger partial charge in [0.25, 0.3) is 0 Å². The third-order valence-corrected chi connectivity index (χ3v) is 2.44. The van der Waals surface area contributed by atoms with Gasteiger partial charge in [0.2, 0.25) is 5.13 Å². The van der Waals surface area contributed by atoms with E-state index in [0.717, 1.165) is 11.7 Å². The van der Waals surface area contributed by atoms with Gasteiger partial charge in [-0.3, -0.25) is 4.79 Å². The summed E-state index contributed by atoms with van der Waals surface area (Å²) in [5.41, 5.74) is 0. The van der Waals surface area contributed by atoms with Crippen molar-refractivity contribution in [2.75, 3.05) is 11.9 Å². The molecule has 14 heavy (non-hydrogen) atoms. The van der Waals surface area contributed by atoms with Crippen LogP contribution in [-0.4, -0.2) is 27.0 Å². The minimum absolute atomic E-state index is 0.221. The van der Waals surface area contributed by atoms with Crippen LogP contribution in [0.3, 0.4) is 0 Å². The Morgan fingerprint density at radius 1 is 1.79 bits per heavy atom. The van der Waals surface area contributed by atoms with Crippen molar-refractivity contribution in [2.24, 2.45) is 5.92 Å². The Kier molecular flexibility index (Phi) is 4.31. The lowest BCUT2D eigenvalue weighted by Crippen LogP contribution is -2.12. The molecule has 1 atom stereocenters. The summed E-state index contributed by atoms with van der Waals surface area (Å²) in [5.74, 6) is -0.414. The second-order valence-electron chi connectivity index (χ2n) is 3.16. The highest BCUT2D eigenvalue weighted by Crippen LogP contribution is 2.10. The predicted octanol–water partition coefficient (Wildman–Crippen LogP) is 1.45. The molecule has 0 spiro atoms. The van der Waals surface area contributed by atoms with Crippen LogP contribution in [-0.2, 0) is 4.79 Å². The molecule has 1 aromatic rings. The van der Waals surface area contributed by atoms with Crippen LogP contribution in [0.15, 0.2) is 6.33 Å². The van der Waals surface area contributed by atoms with Crippen molar-refractivity contribution in [3.8, 4) is 0 Å². The van der Waals surface area contributed by atoms with E-state index in [9.17, 15) is 4.79 Å². The van der Waals surface area contributed by atoms with Crippen molar-refractivity contribution in [3.63, 3.8) is 0 Å². The summed E-state index contributed by atoms with van der Waals surface area (Å²) in [5, 5.41) is 12.4. The number of carboxylic acid groups (broad SMARTS) is 1. The first kappa shape index (κ1) is 10.9. The van der Waals surface area contributed by atoms with Crippen molar-refractivity contribution in [2.45, 2.75) is 19.8 Å². The monoisotopic (exact) mass is 215 g/mol. The van der Waals surface area contributed by atoms with Crippen LogP contribution < -0.4 is 5.32 Å². The highest BCUT2D eigenvalue weighted by Gasteiger charge is 2.05. The van der Waals surface area contributed by atoms with Crippen molar-refractivity contribution < 1.29 is 9.90 Å². The maximum absolute atomic E-state index is 10.3. The zero-order valence-electron chi connectivity index (χ0n) is 7.93. The number of hydrogen-bond donors (Lipinski definition) is 2. The van der Waals surface area contributed by atoms with Gasteiger partial charge in [0.15, 0.2) is 0 Å². The zero-order chi connectivity index (χ0) is 10.4. The van der Waals surface area contributed by atoms with E-state index in [1.54, 1.807) is 0 Å². The molecule has 1 unspecified atom stereocenters.